The molecular weight excluding hydrogens is 172 g/mol. The molecular formula is C8H16N2O3. The molecule has 2 amide bonds. The Morgan fingerprint density at radius 2 is 1.77 bits per heavy atom. The lowest BCUT2D eigenvalue weighted by atomic mass is 10.2. The van der Waals surface area contributed by atoms with Crippen LogP contribution >= 0.6 is 0 Å². The van der Waals surface area contributed by atoms with Crippen molar-refractivity contribution < 1.29 is 14.8 Å². The summed E-state index contributed by atoms with van der Waals surface area (Å²) in [6, 6.07) is 0. The van der Waals surface area contributed by atoms with Crippen molar-refractivity contribution in [1.29, 1.82) is 0 Å². The molecule has 76 valence electrons. The van der Waals surface area contributed by atoms with Gasteiger partial charge in [0, 0.05) is 19.4 Å². The van der Waals surface area contributed by atoms with Crippen molar-refractivity contribution in [2.24, 2.45) is 5.92 Å². The Morgan fingerprint density at radius 1 is 1.23 bits per heavy atom. The van der Waals surface area contributed by atoms with Crippen LogP contribution in [0.2, 0.25) is 0 Å². The summed E-state index contributed by atoms with van der Waals surface area (Å²) in [4.78, 5) is 21.5. The third-order valence-corrected chi connectivity index (χ3v) is 1.41. The minimum atomic E-state index is -0.542. The molecule has 0 aliphatic rings. The van der Waals surface area contributed by atoms with E-state index in [-0.39, 0.29) is 18.7 Å². The summed E-state index contributed by atoms with van der Waals surface area (Å²) in [5.74, 6) is -0.312. The highest BCUT2D eigenvalue weighted by Crippen LogP contribution is 1.91. The zero-order chi connectivity index (χ0) is 10.3. The third-order valence-electron chi connectivity index (χ3n) is 1.41. The molecule has 0 bridgehead atoms. The van der Waals surface area contributed by atoms with Gasteiger partial charge in [-0.2, -0.15) is 0 Å². The molecule has 0 aliphatic carbocycles. The topological polar surface area (TPSA) is 78.4 Å². The molecule has 0 unspecified atom stereocenters. The lowest BCUT2D eigenvalue weighted by Crippen LogP contribution is -2.29. The predicted molar refractivity (Wildman–Crippen MR) is 47.0 cm³/mol. The van der Waals surface area contributed by atoms with Gasteiger partial charge < -0.3 is 5.32 Å². The highest BCUT2D eigenvalue weighted by atomic mass is 16.5. The molecule has 0 saturated carbocycles. The number of hydroxylamine groups is 1. The molecule has 0 saturated heterocycles. The Labute approximate surface area is 77.5 Å². The van der Waals surface area contributed by atoms with E-state index in [4.69, 9.17) is 5.21 Å². The van der Waals surface area contributed by atoms with Gasteiger partial charge >= 0.3 is 0 Å². The van der Waals surface area contributed by atoms with Gasteiger partial charge in [-0.3, -0.25) is 14.8 Å². The quantitative estimate of drug-likeness (QED) is 0.421. The van der Waals surface area contributed by atoms with Gasteiger partial charge in [0.15, 0.2) is 0 Å². The van der Waals surface area contributed by atoms with Crippen molar-refractivity contribution in [1.82, 2.24) is 10.8 Å². The first-order chi connectivity index (χ1) is 6.06. The number of rotatable bonds is 5. The van der Waals surface area contributed by atoms with Crippen LogP contribution < -0.4 is 10.8 Å². The first-order valence-corrected chi connectivity index (χ1v) is 4.26. The third kappa shape index (κ3) is 7.27. The van der Waals surface area contributed by atoms with Crippen LogP contribution in [0, 0.1) is 5.92 Å². The van der Waals surface area contributed by atoms with Crippen LogP contribution in [0.15, 0.2) is 0 Å². The molecule has 0 aliphatic heterocycles. The fraction of sp³-hybridized carbons (Fsp3) is 0.750. The Morgan fingerprint density at radius 3 is 2.23 bits per heavy atom. The molecule has 0 aromatic carbocycles. The number of amides is 2. The molecule has 0 aromatic heterocycles. The molecule has 0 atom stereocenters. The SMILES string of the molecule is CC(C)CNC(=O)CCC(=O)NO. The molecule has 0 heterocycles. The van der Waals surface area contributed by atoms with Crippen molar-refractivity contribution in [2.75, 3.05) is 6.54 Å². The van der Waals surface area contributed by atoms with E-state index in [9.17, 15) is 9.59 Å². The molecule has 5 nitrogen and oxygen atoms in total. The molecule has 0 radical (unpaired) electrons. The molecule has 13 heavy (non-hydrogen) atoms. The summed E-state index contributed by atoms with van der Waals surface area (Å²) >= 11 is 0. The molecule has 0 rings (SSSR count). The maximum absolute atomic E-state index is 11.0. The number of carbonyl (C=O) groups excluding carboxylic acids is 2. The second-order valence-corrected chi connectivity index (χ2v) is 3.23. The highest BCUT2D eigenvalue weighted by molar-refractivity contribution is 5.83. The molecule has 0 spiro atoms. The lowest BCUT2D eigenvalue weighted by Gasteiger charge is -2.06. The van der Waals surface area contributed by atoms with E-state index in [1.165, 1.54) is 5.48 Å². The van der Waals surface area contributed by atoms with Gasteiger partial charge in [0.05, 0.1) is 0 Å². The van der Waals surface area contributed by atoms with E-state index in [0.29, 0.717) is 12.5 Å². The Bertz CT molecular complexity index is 180. The normalized spacial score (nSPS) is 9.85. The van der Waals surface area contributed by atoms with Crippen LogP contribution in [0.1, 0.15) is 26.7 Å². The Balaban J connectivity index is 3.46. The Kier molecular flexibility index (Phi) is 5.88. The smallest absolute Gasteiger partial charge is 0.243 e. The minimum absolute atomic E-state index is 0.0143. The fourth-order valence-electron chi connectivity index (χ4n) is 0.689. The van der Waals surface area contributed by atoms with Crippen LogP contribution in [0.4, 0.5) is 0 Å². The van der Waals surface area contributed by atoms with Gasteiger partial charge in [-0.1, -0.05) is 13.8 Å². The van der Waals surface area contributed by atoms with Gasteiger partial charge in [0.25, 0.3) is 0 Å². The van der Waals surface area contributed by atoms with Crippen molar-refractivity contribution in [3.8, 4) is 0 Å². The van der Waals surface area contributed by atoms with Gasteiger partial charge in [0.1, 0.15) is 0 Å². The largest absolute Gasteiger partial charge is 0.356 e. The highest BCUT2D eigenvalue weighted by Gasteiger charge is 2.05. The Hall–Kier alpha value is -1.10. The van der Waals surface area contributed by atoms with Crippen molar-refractivity contribution in [3.05, 3.63) is 0 Å². The summed E-state index contributed by atoms with van der Waals surface area (Å²) in [5.41, 5.74) is 1.47. The first kappa shape index (κ1) is 11.9. The first-order valence-electron chi connectivity index (χ1n) is 4.26. The van der Waals surface area contributed by atoms with Crippen molar-refractivity contribution >= 4 is 11.8 Å². The summed E-state index contributed by atoms with van der Waals surface area (Å²) in [5, 5.41) is 10.8. The van der Waals surface area contributed by atoms with Crippen molar-refractivity contribution in [2.45, 2.75) is 26.7 Å². The van der Waals surface area contributed by atoms with Gasteiger partial charge in [0.2, 0.25) is 11.8 Å². The molecule has 0 aromatic rings. The molecule has 5 heteroatoms. The lowest BCUT2D eigenvalue weighted by molar-refractivity contribution is -0.131. The summed E-state index contributed by atoms with van der Waals surface area (Å²) < 4.78 is 0. The summed E-state index contributed by atoms with van der Waals surface area (Å²) in [6.07, 6.45) is 0.125. The van der Waals surface area contributed by atoms with Crippen LogP contribution in [0.3, 0.4) is 0 Å². The van der Waals surface area contributed by atoms with E-state index in [2.05, 4.69) is 5.32 Å². The zero-order valence-corrected chi connectivity index (χ0v) is 7.96. The number of nitrogens with one attached hydrogen (secondary N) is 2. The standard InChI is InChI=1S/C8H16N2O3/c1-6(2)5-9-7(11)3-4-8(12)10-13/h6,13H,3-5H2,1-2H3,(H,9,11)(H,10,12). The number of hydrogen-bond acceptors (Lipinski definition) is 3. The predicted octanol–water partition coefficient (Wildman–Crippen LogP) is 0.0442. The number of carbonyl (C=O) groups is 2. The molecule has 0 fully saturated rings. The fourth-order valence-corrected chi connectivity index (χ4v) is 0.689. The number of hydrogen-bond donors (Lipinski definition) is 3. The van der Waals surface area contributed by atoms with E-state index in [1.807, 2.05) is 13.8 Å². The van der Waals surface area contributed by atoms with E-state index >= 15 is 0 Å². The van der Waals surface area contributed by atoms with Gasteiger partial charge in [-0.05, 0) is 5.92 Å². The van der Waals surface area contributed by atoms with Crippen LogP contribution in [-0.4, -0.2) is 23.6 Å². The summed E-state index contributed by atoms with van der Waals surface area (Å²) in [7, 11) is 0. The minimum Gasteiger partial charge on any atom is -0.356 e. The zero-order valence-electron chi connectivity index (χ0n) is 7.96. The second-order valence-electron chi connectivity index (χ2n) is 3.23. The van der Waals surface area contributed by atoms with E-state index in [0.717, 1.165) is 0 Å². The summed E-state index contributed by atoms with van der Waals surface area (Å²) in [6.45, 7) is 4.58. The average Bonchev–Trinajstić information content (AvgIpc) is 2.10. The average molecular weight is 188 g/mol. The van der Waals surface area contributed by atoms with Crippen molar-refractivity contribution in [3.63, 3.8) is 0 Å². The van der Waals surface area contributed by atoms with Gasteiger partial charge in [-0.15, -0.1) is 0 Å². The van der Waals surface area contributed by atoms with Gasteiger partial charge in [-0.25, -0.2) is 5.48 Å². The van der Waals surface area contributed by atoms with E-state index in [1.54, 1.807) is 0 Å². The maximum atomic E-state index is 11.0. The monoisotopic (exact) mass is 188 g/mol. The second kappa shape index (κ2) is 6.42. The molecule has 3 N–H and O–H groups in total. The van der Waals surface area contributed by atoms with Crippen LogP contribution in [0.5, 0.6) is 0 Å². The van der Waals surface area contributed by atoms with Crippen LogP contribution in [0.25, 0.3) is 0 Å². The van der Waals surface area contributed by atoms with Crippen LogP contribution in [-0.2, 0) is 9.59 Å². The maximum Gasteiger partial charge on any atom is 0.243 e. The van der Waals surface area contributed by atoms with E-state index < -0.39 is 5.91 Å².